The third kappa shape index (κ3) is 2.32. The molecule has 1 aliphatic rings. The topological polar surface area (TPSA) is 64.8 Å². The normalized spacial score (nSPS) is 12.5. The average Bonchev–Trinajstić information content (AvgIpc) is 3.05. The van der Waals surface area contributed by atoms with Gasteiger partial charge in [0.25, 0.3) is 5.91 Å². The molecular formula is C14H14N2O4. The number of amides is 1. The lowest BCUT2D eigenvalue weighted by Crippen LogP contribution is -2.26. The van der Waals surface area contributed by atoms with Crippen molar-refractivity contribution in [2.75, 3.05) is 13.8 Å². The van der Waals surface area contributed by atoms with Gasteiger partial charge in [0.05, 0.1) is 0 Å². The fourth-order valence-corrected chi connectivity index (χ4v) is 2.05. The zero-order chi connectivity index (χ0) is 14.1. The highest BCUT2D eigenvalue weighted by Gasteiger charge is 2.18. The molecule has 0 radical (unpaired) electrons. The molecule has 1 aliphatic heterocycles. The van der Waals surface area contributed by atoms with Crippen molar-refractivity contribution in [3.63, 3.8) is 0 Å². The summed E-state index contributed by atoms with van der Waals surface area (Å²) in [6.07, 6.45) is 0. The van der Waals surface area contributed by atoms with E-state index < -0.39 is 0 Å². The predicted octanol–water partition coefficient (Wildman–Crippen LogP) is 1.98. The molecule has 1 aromatic heterocycles. The standard InChI is InChI=1S/C14H14N2O4/c1-9-5-11(15-20-9)14(17)16(2)7-10-3-4-12-13(6-10)19-8-18-12/h3-6H,7-8H2,1-2H3. The second kappa shape index (κ2) is 4.88. The summed E-state index contributed by atoms with van der Waals surface area (Å²) in [7, 11) is 1.72. The molecule has 0 saturated carbocycles. The third-order valence-electron chi connectivity index (χ3n) is 3.05. The Kier molecular flexibility index (Phi) is 3.06. The number of fused-ring (bicyclic) bond motifs is 1. The largest absolute Gasteiger partial charge is 0.454 e. The fourth-order valence-electron chi connectivity index (χ4n) is 2.05. The molecule has 6 heteroatoms. The van der Waals surface area contributed by atoms with Crippen molar-refractivity contribution in [1.82, 2.24) is 10.1 Å². The number of aromatic nitrogens is 1. The SMILES string of the molecule is Cc1cc(C(=O)N(C)Cc2ccc3c(c2)OCO3)no1. The molecule has 2 heterocycles. The van der Waals surface area contributed by atoms with Gasteiger partial charge in [-0.1, -0.05) is 11.2 Å². The molecule has 1 aromatic carbocycles. The molecule has 0 atom stereocenters. The van der Waals surface area contributed by atoms with Crippen LogP contribution in [0.4, 0.5) is 0 Å². The van der Waals surface area contributed by atoms with Gasteiger partial charge in [0, 0.05) is 19.7 Å². The highest BCUT2D eigenvalue weighted by Crippen LogP contribution is 2.32. The average molecular weight is 274 g/mol. The van der Waals surface area contributed by atoms with Crippen LogP contribution in [-0.2, 0) is 6.54 Å². The third-order valence-corrected chi connectivity index (χ3v) is 3.05. The summed E-state index contributed by atoms with van der Waals surface area (Å²) in [5.41, 5.74) is 1.27. The lowest BCUT2D eigenvalue weighted by atomic mass is 10.2. The van der Waals surface area contributed by atoms with Crippen LogP contribution in [0.15, 0.2) is 28.8 Å². The number of carbonyl (C=O) groups excluding carboxylic acids is 1. The van der Waals surface area contributed by atoms with E-state index in [1.807, 2.05) is 18.2 Å². The van der Waals surface area contributed by atoms with Gasteiger partial charge in [-0.25, -0.2) is 0 Å². The molecule has 0 N–H and O–H groups in total. The van der Waals surface area contributed by atoms with E-state index >= 15 is 0 Å². The number of carbonyl (C=O) groups is 1. The molecule has 6 nitrogen and oxygen atoms in total. The molecule has 2 aromatic rings. The second-order valence-electron chi connectivity index (χ2n) is 4.67. The summed E-state index contributed by atoms with van der Waals surface area (Å²) in [6.45, 7) is 2.45. The van der Waals surface area contributed by atoms with E-state index in [1.54, 1.807) is 24.9 Å². The lowest BCUT2D eigenvalue weighted by Gasteiger charge is -2.15. The smallest absolute Gasteiger partial charge is 0.276 e. The Morgan fingerprint density at radius 3 is 2.85 bits per heavy atom. The van der Waals surface area contributed by atoms with Gasteiger partial charge < -0.3 is 18.9 Å². The first-order valence-electron chi connectivity index (χ1n) is 6.21. The maximum atomic E-state index is 12.1. The van der Waals surface area contributed by atoms with E-state index in [0.717, 1.165) is 11.3 Å². The van der Waals surface area contributed by atoms with Gasteiger partial charge in [0.2, 0.25) is 6.79 Å². The van der Waals surface area contributed by atoms with Crippen molar-refractivity contribution in [3.05, 3.63) is 41.3 Å². The minimum atomic E-state index is -0.181. The van der Waals surface area contributed by atoms with Crippen LogP contribution in [0.5, 0.6) is 11.5 Å². The lowest BCUT2D eigenvalue weighted by molar-refractivity contribution is 0.0774. The predicted molar refractivity (Wildman–Crippen MR) is 69.6 cm³/mol. The first kappa shape index (κ1) is 12.5. The molecule has 20 heavy (non-hydrogen) atoms. The number of hydrogen-bond acceptors (Lipinski definition) is 5. The van der Waals surface area contributed by atoms with Crippen LogP contribution in [0, 0.1) is 6.92 Å². The van der Waals surface area contributed by atoms with Gasteiger partial charge in [-0.05, 0) is 24.6 Å². The maximum Gasteiger partial charge on any atom is 0.276 e. The van der Waals surface area contributed by atoms with E-state index in [1.165, 1.54) is 0 Å². The van der Waals surface area contributed by atoms with Crippen LogP contribution < -0.4 is 9.47 Å². The maximum absolute atomic E-state index is 12.1. The fraction of sp³-hybridized carbons (Fsp3) is 0.286. The van der Waals surface area contributed by atoms with Gasteiger partial charge >= 0.3 is 0 Å². The Morgan fingerprint density at radius 1 is 1.30 bits per heavy atom. The number of ether oxygens (including phenoxy) is 2. The Bertz CT molecular complexity index is 650. The van der Waals surface area contributed by atoms with Crippen LogP contribution in [0.2, 0.25) is 0 Å². The zero-order valence-electron chi connectivity index (χ0n) is 11.3. The van der Waals surface area contributed by atoms with Gasteiger partial charge in [-0.3, -0.25) is 4.79 Å². The Labute approximate surface area is 115 Å². The zero-order valence-corrected chi connectivity index (χ0v) is 11.3. The van der Waals surface area contributed by atoms with Crippen LogP contribution in [0.1, 0.15) is 21.8 Å². The van der Waals surface area contributed by atoms with Gasteiger partial charge in [-0.15, -0.1) is 0 Å². The first-order valence-corrected chi connectivity index (χ1v) is 6.21. The van der Waals surface area contributed by atoms with Crippen LogP contribution in [0.25, 0.3) is 0 Å². The van der Waals surface area contributed by atoms with E-state index in [-0.39, 0.29) is 12.7 Å². The van der Waals surface area contributed by atoms with E-state index in [9.17, 15) is 4.79 Å². The number of aryl methyl sites for hydroxylation is 1. The summed E-state index contributed by atoms with van der Waals surface area (Å²) in [5.74, 6) is 1.87. The Balaban J connectivity index is 1.72. The number of rotatable bonds is 3. The molecular weight excluding hydrogens is 260 g/mol. The van der Waals surface area contributed by atoms with E-state index in [0.29, 0.717) is 23.7 Å². The van der Waals surface area contributed by atoms with Crippen molar-refractivity contribution in [3.8, 4) is 11.5 Å². The molecule has 3 rings (SSSR count). The molecule has 1 amide bonds. The Morgan fingerprint density at radius 2 is 2.10 bits per heavy atom. The van der Waals surface area contributed by atoms with Crippen LogP contribution in [0.3, 0.4) is 0 Å². The highest BCUT2D eigenvalue weighted by atomic mass is 16.7. The molecule has 0 bridgehead atoms. The Hall–Kier alpha value is -2.50. The molecule has 0 spiro atoms. The van der Waals surface area contributed by atoms with E-state index in [2.05, 4.69) is 5.16 Å². The summed E-state index contributed by atoms with van der Waals surface area (Å²) in [4.78, 5) is 13.7. The van der Waals surface area contributed by atoms with Gasteiger partial charge in [-0.2, -0.15) is 0 Å². The minimum absolute atomic E-state index is 0.181. The van der Waals surface area contributed by atoms with Crippen LogP contribution >= 0.6 is 0 Å². The molecule has 0 unspecified atom stereocenters. The van der Waals surface area contributed by atoms with Crippen LogP contribution in [-0.4, -0.2) is 29.8 Å². The summed E-state index contributed by atoms with van der Waals surface area (Å²) >= 11 is 0. The number of benzene rings is 1. The summed E-state index contributed by atoms with van der Waals surface area (Å²) in [5, 5.41) is 3.73. The quantitative estimate of drug-likeness (QED) is 0.856. The monoisotopic (exact) mass is 274 g/mol. The molecule has 0 fully saturated rings. The number of nitrogens with zero attached hydrogens (tertiary/aromatic N) is 2. The van der Waals surface area contributed by atoms with Crippen molar-refractivity contribution < 1.29 is 18.8 Å². The number of hydrogen-bond donors (Lipinski definition) is 0. The van der Waals surface area contributed by atoms with E-state index in [4.69, 9.17) is 14.0 Å². The van der Waals surface area contributed by atoms with Gasteiger partial charge in [0.1, 0.15) is 5.76 Å². The second-order valence-corrected chi connectivity index (χ2v) is 4.67. The van der Waals surface area contributed by atoms with Crippen molar-refractivity contribution in [1.29, 1.82) is 0 Å². The first-order chi connectivity index (χ1) is 9.63. The summed E-state index contributed by atoms with van der Waals surface area (Å²) < 4.78 is 15.5. The molecule has 104 valence electrons. The van der Waals surface area contributed by atoms with Gasteiger partial charge in [0.15, 0.2) is 17.2 Å². The minimum Gasteiger partial charge on any atom is -0.454 e. The summed E-state index contributed by atoms with van der Waals surface area (Å²) in [6, 6.07) is 7.25. The van der Waals surface area contributed by atoms with Crippen molar-refractivity contribution in [2.24, 2.45) is 0 Å². The molecule has 0 aliphatic carbocycles. The van der Waals surface area contributed by atoms with Crippen molar-refractivity contribution in [2.45, 2.75) is 13.5 Å². The highest BCUT2D eigenvalue weighted by molar-refractivity contribution is 5.92. The van der Waals surface area contributed by atoms with Crippen molar-refractivity contribution >= 4 is 5.91 Å². The molecule has 0 saturated heterocycles.